The van der Waals surface area contributed by atoms with Crippen molar-refractivity contribution in [1.82, 2.24) is 0 Å². The number of benzene rings is 4. The average Bonchev–Trinajstić information content (AvgIpc) is 3.58. The number of likely N-dealkylation sites (N-methyl/N-ethyl adjacent to an activating group) is 1. The number of ether oxygens (including phenoxy) is 2. The second-order valence-corrected chi connectivity index (χ2v) is 15.6. The van der Waals surface area contributed by atoms with Crippen molar-refractivity contribution in [2.75, 3.05) is 19.0 Å². The molecule has 5 heteroatoms. The number of anilines is 1. The highest BCUT2D eigenvalue weighted by atomic mass is 16.7. The van der Waals surface area contributed by atoms with E-state index in [1.54, 1.807) is 0 Å². The highest BCUT2D eigenvalue weighted by Crippen LogP contribution is 2.50. The second-order valence-electron chi connectivity index (χ2n) is 15.6. The molecule has 0 unspecified atom stereocenters. The first-order valence-electron chi connectivity index (χ1n) is 17.3. The van der Waals surface area contributed by atoms with Crippen molar-refractivity contribution < 1.29 is 18.8 Å². The Morgan fingerprint density at radius 2 is 1.43 bits per heavy atom. The van der Waals surface area contributed by atoms with Crippen LogP contribution >= 0.6 is 0 Å². The van der Waals surface area contributed by atoms with Crippen molar-refractivity contribution in [1.29, 1.82) is 0 Å². The van der Waals surface area contributed by atoms with Crippen molar-refractivity contribution in [2.45, 2.75) is 77.7 Å². The number of fused-ring (bicyclic) bond motifs is 6. The number of nitrogens with zero attached hydrogens (tertiary/aromatic N) is 2. The first-order chi connectivity index (χ1) is 23.2. The molecule has 0 N–H and O–H groups in total. The van der Waals surface area contributed by atoms with E-state index in [1.165, 1.54) is 55.5 Å². The van der Waals surface area contributed by atoms with E-state index in [4.69, 9.17) is 9.47 Å². The summed E-state index contributed by atoms with van der Waals surface area (Å²) in [6.07, 6.45) is 9.54. The van der Waals surface area contributed by atoms with Crippen LogP contribution in [0.15, 0.2) is 120 Å². The van der Waals surface area contributed by atoms with Crippen LogP contribution in [0.4, 0.5) is 16.2 Å². The minimum Gasteiger partial charge on any atom is -0.428 e. The van der Waals surface area contributed by atoms with Gasteiger partial charge in [0.2, 0.25) is 5.69 Å². The van der Waals surface area contributed by atoms with E-state index in [1.807, 2.05) is 20.8 Å². The summed E-state index contributed by atoms with van der Waals surface area (Å²) in [5.74, 6) is 0.589. The van der Waals surface area contributed by atoms with Gasteiger partial charge in [-0.25, -0.2) is 4.79 Å². The zero-order chi connectivity index (χ0) is 34.9. The predicted octanol–water partition coefficient (Wildman–Crippen LogP) is 10.8. The molecule has 7 rings (SSSR count). The molecule has 1 aliphatic carbocycles. The highest BCUT2D eigenvalue weighted by molar-refractivity contribution is 6.07. The molecule has 0 bridgehead atoms. The van der Waals surface area contributed by atoms with E-state index >= 15 is 0 Å². The minimum atomic E-state index is -0.684. The molecular formula is C44H47N2O3+. The number of carbonyl (C=O) groups excluding carboxylic acids is 1. The number of rotatable bonds is 4. The number of allylic oxidation sites excluding steroid dienone is 7. The monoisotopic (exact) mass is 651 g/mol. The second kappa shape index (κ2) is 11.6. The third kappa shape index (κ3) is 5.50. The normalized spacial score (nSPS) is 20.0. The standard InChI is InChI=1S/C44H47N2O3/c1-42(2,3)49-41(47)48-40-30(22-26-36-43(4,5)38-32-16-12-10-14-28(32)20-24-34(38)45(36)8)18-19-31(40)23-27-37-44(6,7)39-33-17-13-11-15-29(33)21-25-35(39)46(37)9/h10-17,20-27H,18-19H2,1-9H3/q+1. The Bertz CT molecular complexity index is 2200. The summed E-state index contributed by atoms with van der Waals surface area (Å²) in [6.45, 7) is 14.7. The zero-order valence-electron chi connectivity index (χ0n) is 30.3. The number of carbonyl (C=O) groups is 1. The fourth-order valence-electron chi connectivity index (χ4n) is 8.25. The van der Waals surface area contributed by atoms with Crippen LogP contribution in [0, 0.1) is 0 Å². The Kier molecular flexibility index (Phi) is 7.74. The van der Waals surface area contributed by atoms with Crippen molar-refractivity contribution >= 4 is 44.8 Å². The van der Waals surface area contributed by atoms with E-state index in [9.17, 15) is 4.79 Å². The molecule has 2 heterocycles. The maximum atomic E-state index is 13.1. The molecule has 4 aromatic rings. The van der Waals surface area contributed by atoms with E-state index in [0.717, 1.165) is 24.0 Å². The summed E-state index contributed by atoms with van der Waals surface area (Å²) in [7, 11) is 4.28. The van der Waals surface area contributed by atoms with E-state index in [0.29, 0.717) is 5.76 Å². The molecule has 0 spiro atoms. The molecule has 0 fully saturated rings. The van der Waals surface area contributed by atoms with Gasteiger partial charge >= 0.3 is 6.16 Å². The molecule has 5 nitrogen and oxygen atoms in total. The predicted molar refractivity (Wildman–Crippen MR) is 202 cm³/mol. The summed E-state index contributed by atoms with van der Waals surface area (Å²) in [4.78, 5) is 15.4. The van der Waals surface area contributed by atoms with E-state index in [-0.39, 0.29) is 10.8 Å². The first-order valence-corrected chi connectivity index (χ1v) is 17.3. The third-order valence-electron chi connectivity index (χ3n) is 10.5. The quantitative estimate of drug-likeness (QED) is 0.163. The van der Waals surface area contributed by atoms with Crippen LogP contribution in [0.1, 0.15) is 72.4 Å². The van der Waals surface area contributed by atoms with Gasteiger partial charge in [-0.2, -0.15) is 4.58 Å². The van der Waals surface area contributed by atoms with Gasteiger partial charge in [0.15, 0.2) is 5.71 Å². The zero-order valence-corrected chi connectivity index (χ0v) is 30.3. The smallest absolute Gasteiger partial charge is 0.428 e. The largest absolute Gasteiger partial charge is 0.514 e. The number of hydrogen-bond donors (Lipinski definition) is 0. The van der Waals surface area contributed by atoms with Crippen molar-refractivity contribution in [3.63, 3.8) is 0 Å². The molecule has 0 radical (unpaired) electrons. The lowest BCUT2D eigenvalue weighted by Gasteiger charge is -2.24. The highest BCUT2D eigenvalue weighted by Gasteiger charge is 2.44. The summed E-state index contributed by atoms with van der Waals surface area (Å²) in [5.41, 5.74) is 8.39. The molecule has 0 saturated heterocycles. The maximum Gasteiger partial charge on any atom is 0.514 e. The van der Waals surface area contributed by atoms with Crippen LogP contribution in [0.3, 0.4) is 0 Å². The van der Waals surface area contributed by atoms with Gasteiger partial charge in [0.05, 0.1) is 5.41 Å². The van der Waals surface area contributed by atoms with Gasteiger partial charge in [-0.3, -0.25) is 0 Å². The SMILES string of the molecule is CN1/C(=C/C=C2\CCC(/C=C/C3=[N+](C)c4ccc5ccccc5c4C3(C)C)=C2OC(=O)OC(C)(C)C)C(C)(C)c2c1ccc1ccccc21. The molecule has 3 aliphatic rings. The summed E-state index contributed by atoms with van der Waals surface area (Å²) >= 11 is 0. The molecule has 0 amide bonds. The van der Waals surface area contributed by atoms with Crippen molar-refractivity contribution in [3.05, 3.63) is 131 Å². The summed E-state index contributed by atoms with van der Waals surface area (Å²) < 4.78 is 14.0. The van der Waals surface area contributed by atoms with Crippen LogP contribution in [0.25, 0.3) is 21.5 Å². The molecule has 2 aliphatic heterocycles. The molecular weight excluding hydrogens is 604 g/mol. The Morgan fingerprint density at radius 1 is 0.796 bits per heavy atom. The maximum absolute atomic E-state index is 13.1. The average molecular weight is 652 g/mol. The van der Waals surface area contributed by atoms with Crippen LogP contribution in [0.2, 0.25) is 0 Å². The molecule has 0 atom stereocenters. The van der Waals surface area contributed by atoms with Gasteiger partial charge in [-0.05, 0) is 110 Å². The number of hydrogen-bond acceptors (Lipinski definition) is 4. The lowest BCUT2D eigenvalue weighted by molar-refractivity contribution is -0.401. The van der Waals surface area contributed by atoms with Crippen LogP contribution in [0.5, 0.6) is 0 Å². The Balaban J connectivity index is 1.27. The Labute approximate surface area is 290 Å². The molecule has 49 heavy (non-hydrogen) atoms. The Morgan fingerprint density at radius 3 is 2.10 bits per heavy atom. The van der Waals surface area contributed by atoms with Crippen molar-refractivity contribution in [2.24, 2.45) is 0 Å². The first kappa shape index (κ1) is 32.6. The van der Waals surface area contributed by atoms with Crippen LogP contribution in [-0.4, -0.2) is 36.1 Å². The van der Waals surface area contributed by atoms with Crippen LogP contribution in [-0.2, 0) is 20.3 Å². The van der Waals surface area contributed by atoms with Gasteiger partial charge in [-0.15, -0.1) is 0 Å². The lowest BCUT2D eigenvalue weighted by atomic mass is 9.79. The van der Waals surface area contributed by atoms with Gasteiger partial charge in [-0.1, -0.05) is 74.5 Å². The minimum absolute atomic E-state index is 0.215. The van der Waals surface area contributed by atoms with Crippen LogP contribution < -0.4 is 4.90 Å². The van der Waals surface area contributed by atoms with Gasteiger partial charge in [0.1, 0.15) is 18.4 Å². The fraction of sp³-hybridized carbons (Fsp3) is 0.318. The molecule has 0 saturated carbocycles. The van der Waals surface area contributed by atoms with Gasteiger partial charge < -0.3 is 14.4 Å². The summed E-state index contributed by atoms with van der Waals surface area (Å²) in [6, 6.07) is 26.1. The van der Waals surface area contributed by atoms with E-state index < -0.39 is 11.8 Å². The topological polar surface area (TPSA) is 41.8 Å². The van der Waals surface area contributed by atoms with Crippen molar-refractivity contribution in [3.8, 4) is 0 Å². The molecule has 250 valence electrons. The Hall–Kier alpha value is -4.90. The van der Waals surface area contributed by atoms with Gasteiger partial charge in [0.25, 0.3) is 0 Å². The molecule has 0 aromatic heterocycles. The third-order valence-corrected chi connectivity index (χ3v) is 10.5. The van der Waals surface area contributed by atoms with E-state index in [2.05, 4.69) is 148 Å². The summed E-state index contributed by atoms with van der Waals surface area (Å²) in [5, 5.41) is 5.05. The van der Waals surface area contributed by atoms with Gasteiger partial charge in [0, 0.05) is 41.6 Å². The lowest BCUT2D eigenvalue weighted by Crippen LogP contribution is -2.27. The molecule has 4 aromatic carbocycles. The fourth-order valence-corrected chi connectivity index (χ4v) is 8.25.